The minimum absolute atomic E-state index is 0.162. The third kappa shape index (κ3) is 2.20. The van der Waals surface area contributed by atoms with Crippen molar-refractivity contribution in [2.24, 2.45) is 0 Å². The summed E-state index contributed by atoms with van der Waals surface area (Å²) in [5, 5.41) is 17.6. The van der Waals surface area contributed by atoms with Gasteiger partial charge in [-0.05, 0) is 38.0 Å². The summed E-state index contributed by atoms with van der Waals surface area (Å²) in [7, 11) is 0. The lowest BCUT2D eigenvalue weighted by molar-refractivity contribution is 0.0524. The van der Waals surface area contributed by atoms with Crippen LogP contribution in [0.2, 0.25) is 0 Å². The van der Waals surface area contributed by atoms with E-state index < -0.39 is 11.9 Å². The number of hydrogen-bond acceptors (Lipinski definition) is 5. The molecule has 0 unspecified atom stereocenters. The van der Waals surface area contributed by atoms with Gasteiger partial charge in [0.1, 0.15) is 0 Å². The highest BCUT2D eigenvalue weighted by molar-refractivity contribution is 6.07. The van der Waals surface area contributed by atoms with E-state index in [1.54, 1.807) is 26.8 Å². The Morgan fingerprint density at radius 1 is 1.35 bits per heavy atom. The van der Waals surface area contributed by atoms with Gasteiger partial charge in [-0.25, -0.2) is 9.59 Å². The number of fused-ring (bicyclic) bond motifs is 1. The van der Waals surface area contributed by atoms with E-state index in [-0.39, 0.29) is 12.3 Å². The zero-order valence-corrected chi connectivity index (χ0v) is 11.4. The van der Waals surface area contributed by atoms with Crippen LogP contribution in [0.4, 0.5) is 0 Å². The van der Waals surface area contributed by atoms with Crippen LogP contribution in [-0.4, -0.2) is 33.8 Å². The average molecular weight is 274 g/mol. The summed E-state index contributed by atoms with van der Waals surface area (Å²) in [6.07, 6.45) is 1.48. The fourth-order valence-electron chi connectivity index (χ4n) is 2.30. The summed E-state index contributed by atoms with van der Waals surface area (Å²) in [5.41, 5.74) is 1.49. The zero-order chi connectivity index (χ0) is 14.9. The van der Waals surface area contributed by atoms with Crippen LogP contribution in [0.15, 0.2) is 12.3 Å². The monoisotopic (exact) mass is 274 g/mol. The molecule has 0 spiro atoms. The predicted octanol–water partition coefficient (Wildman–Crippen LogP) is 2.12. The Morgan fingerprint density at radius 2 is 2.05 bits per heavy atom. The molecule has 0 radical (unpaired) electrons. The molecule has 20 heavy (non-hydrogen) atoms. The van der Waals surface area contributed by atoms with E-state index in [1.807, 2.05) is 0 Å². The summed E-state index contributed by atoms with van der Waals surface area (Å²) >= 11 is 0. The topological polar surface area (TPSA) is 89.4 Å². The third-order valence-corrected chi connectivity index (χ3v) is 3.08. The normalized spacial score (nSPS) is 10.6. The molecule has 2 rings (SSSR count). The smallest absolute Gasteiger partial charge is 0.357 e. The number of hydrogen-bond donors (Lipinski definition) is 1. The fourth-order valence-corrected chi connectivity index (χ4v) is 2.30. The molecule has 0 bridgehead atoms. The first kappa shape index (κ1) is 13.9. The molecule has 0 amide bonds. The van der Waals surface area contributed by atoms with Gasteiger partial charge in [0.2, 0.25) is 0 Å². The molecular formula is C14H14N2O4. The lowest BCUT2D eigenvalue weighted by atomic mass is 9.95. The first-order valence-corrected chi connectivity index (χ1v) is 6.13. The highest BCUT2D eigenvalue weighted by Crippen LogP contribution is 2.27. The second kappa shape index (κ2) is 5.24. The van der Waals surface area contributed by atoms with Gasteiger partial charge < -0.3 is 9.84 Å². The van der Waals surface area contributed by atoms with Crippen LogP contribution in [-0.2, 0) is 4.74 Å². The average Bonchev–Trinajstić information content (AvgIpc) is 2.38. The van der Waals surface area contributed by atoms with Crippen molar-refractivity contribution in [3.63, 3.8) is 0 Å². The van der Waals surface area contributed by atoms with Crippen LogP contribution in [0.25, 0.3) is 10.8 Å². The maximum absolute atomic E-state index is 12.0. The molecule has 6 nitrogen and oxygen atoms in total. The largest absolute Gasteiger partial charge is 0.476 e. The summed E-state index contributed by atoms with van der Waals surface area (Å²) in [4.78, 5) is 23.2. The van der Waals surface area contributed by atoms with E-state index in [2.05, 4.69) is 10.2 Å². The maximum Gasteiger partial charge on any atom is 0.357 e. The van der Waals surface area contributed by atoms with Gasteiger partial charge >= 0.3 is 11.9 Å². The van der Waals surface area contributed by atoms with Crippen LogP contribution in [0.1, 0.15) is 38.9 Å². The van der Waals surface area contributed by atoms with Gasteiger partial charge in [-0.1, -0.05) is 0 Å². The summed E-state index contributed by atoms with van der Waals surface area (Å²) in [6, 6.07) is 1.72. The molecular weight excluding hydrogens is 260 g/mol. The first-order chi connectivity index (χ1) is 9.47. The first-order valence-electron chi connectivity index (χ1n) is 6.13. The Morgan fingerprint density at radius 3 is 2.65 bits per heavy atom. The summed E-state index contributed by atoms with van der Waals surface area (Å²) < 4.78 is 5.02. The van der Waals surface area contributed by atoms with E-state index in [4.69, 9.17) is 4.74 Å². The molecule has 6 heteroatoms. The van der Waals surface area contributed by atoms with Crippen LogP contribution in [0, 0.1) is 13.8 Å². The molecule has 1 aromatic heterocycles. The van der Waals surface area contributed by atoms with Crippen molar-refractivity contribution in [2.45, 2.75) is 20.8 Å². The number of carbonyl (C=O) groups is 2. The Hall–Kier alpha value is -2.50. The molecule has 0 saturated heterocycles. The number of aromatic nitrogens is 2. The number of benzene rings is 1. The summed E-state index contributed by atoms with van der Waals surface area (Å²) in [5.74, 6) is -1.64. The van der Waals surface area contributed by atoms with Gasteiger partial charge in [0.15, 0.2) is 5.69 Å². The van der Waals surface area contributed by atoms with Gasteiger partial charge in [0.05, 0.1) is 18.4 Å². The second-order valence-electron chi connectivity index (χ2n) is 4.38. The standard InChI is InChI=1S/C14H14N2O4/c1-4-20-14(19)10-7(2)5-9-6-15-16-12(13(17)18)11(9)8(10)3/h5-6H,4H2,1-3H3,(H,17,18). The van der Waals surface area contributed by atoms with E-state index in [1.165, 1.54) is 6.20 Å². The Labute approximate surface area is 115 Å². The number of rotatable bonds is 3. The minimum atomic E-state index is -1.18. The van der Waals surface area contributed by atoms with E-state index in [9.17, 15) is 14.7 Å². The number of aromatic carboxylic acids is 1. The minimum Gasteiger partial charge on any atom is -0.476 e. The molecule has 0 atom stereocenters. The van der Waals surface area contributed by atoms with E-state index in [0.29, 0.717) is 21.9 Å². The zero-order valence-electron chi connectivity index (χ0n) is 11.4. The molecule has 1 N–H and O–H groups in total. The number of carboxylic acid groups (broad SMARTS) is 1. The van der Waals surface area contributed by atoms with Crippen LogP contribution >= 0.6 is 0 Å². The molecule has 0 aliphatic carbocycles. The van der Waals surface area contributed by atoms with Crippen LogP contribution in [0.5, 0.6) is 0 Å². The Balaban J connectivity index is 2.82. The molecule has 0 aliphatic heterocycles. The van der Waals surface area contributed by atoms with Crippen molar-refractivity contribution in [1.82, 2.24) is 10.2 Å². The van der Waals surface area contributed by atoms with Crippen molar-refractivity contribution in [3.8, 4) is 0 Å². The number of nitrogens with zero attached hydrogens (tertiary/aromatic N) is 2. The number of aryl methyl sites for hydroxylation is 2. The van der Waals surface area contributed by atoms with Crippen LogP contribution in [0.3, 0.4) is 0 Å². The van der Waals surface area contributed by atoms with Crippen molar-refractivity contribution in [2.75, 3.05) is 6.61 Å². The van der Waals surface area contributed by atoms with E-state index in [0.717, 1.165) is 5.56 Å². The van der Waals surface area contributed by atoms with Crippen LogP contribution < -0.4 is 0 Å². The molecule has 1 aromatic carbocycles. The fraction of sp³-hybridized carbons (Fsp3) is 0.286. The molecule has 104 valence electrons. The third-order valence-electron chi connectivity index (χ3n) is 3.08. The lowest BCUT2D eigenvalue weighted by Crippen LogP contribution is -2.11. The van der Waals surface area contributed by atoms with Crippen molar-refractivity contribution < 1.29 is 19.4 Å². The van der Waals surface area contributed by atoms with E-state index >= 15 is 0 Å². The number of carbonyl (C=O) groups excluding carboxylic acids is 1. The quantitative estimate of drug-likeness (QED) is 0.862. The lowest BCUT2D eigenvalue weighted by Gasteiger charge is -2.12. The van der Waals surface area contributed by atoms with Crippen molar-refractivity contribution in [1.29, 1.82) is 0 Å². The molecule has 0 saturated carbocycles. The number of carboxylic acids is 1. The number of ether oxygens (including phenoxy) is 1. The molecule has 0 aliphatic rings. The summed E-state index contributed by atoms with van der Waals surface area (Å²) in [6.45, 7) is 5.45. The molecule has 1 heterocycles. The van der Waals surface area contributed by atoms with Gasteiger partial charge in [0.25, 0.3) is 0 Å². The molecule has 2 aromatic rings. The van der Waals surface area contributed by atoms with Gasteiger partial charge in [-0.3, -0.25) is 0 Å². The SMILES string of the molecule is CCOC(=O)c1c(C)cc2cnnc(C(=O)O)c2c1C. The van der Waals surface area contributed by atoms with Gasteiger partial charge in [-0.15, -0.1) is 5.10 Å². The predicted molar refractivity (Wildman–Crippen MR) is 71.9 cm³/mol. The van der Waals surface area contributed by atoms with Gasteiger partial charge in [0, 0.05) is 10.8 Å². The Kier molecular flexibility index (Phi) is 3.65. The molecule has 0 fully saturated rings. The highest BCUT2D eigenvalue weighted by atomic mass is 16.5. The van der Waals surface area contributed by atoms with Gasteiger partial charge in [-0.2, -0.15) is 5.10 Å². The Bertz CT molecular complexity index is 710. The second-order valence-corrected chi connectivity index (χ2v) is 4.38. The van der Waals surface area contributed by atoms with Crippen molar-refractivity contribution in [3.05, 3.63) is 34.6 Å². The maximum atomic E-state index is 12.0. The highest BCUT2D eigenvalue weighted by Gasteiger charge is 2.20. The number of esters is 1. The van der Waals surface area contributed by atoms with Crippen molar-refractivity contribution >= 4 is 22.7 Å².